The van der Waals surface area contributed by atoms with E-state index in [0.29, 0.717) is 23.7 Å². The van der Waals surface area contributed by atoms with E-state index >= 15 is 0 Å². The molecule has 3 rings (SSSR count). The normalized spacial score (nSPS) is 11.5. The van der Waals surface area contributed by atoms with Gasteiger partial charge in [0.15, 0.2) is 11.5 Å². The van der Waals surface area contributed by atoms with Gasteiger partial charge in [-0.25, -0.2) is 0 Å². The molecule has 0 amide bonds. The summed E-state index contributed by atoms with van der Waals surface area (Å²) in [6.45, 7) is 2.34. The summed E-state index contributed by atoms with van der Waals surface area (Å²) >= 11 is 0. The number of sulfonamides is 1. The molecule has 3 aromatic rings. The lowest BCUT2D eigenvalue weighted by atomic mass is 10.1. The molecule has 0 bridgehead atoms. The molecule has 28 heavy (non-hydrogen) atoms. The summed E-state index contributed by atoms with van der Waals surface area (Å²) in [6.07, 6.45) is 1.29. The molecule has 0 saturated heterocycles. The Balaban J connectivity index is 1.89. The van der Waals surface area contributed by atoms with Crippen molar-refractivity contribution in [1.82, 2.24) is 0 Å². The number of nitrogens with zero attached hydrogens (tertiary/aromatic N) is 1. The summed E-state index contributed by atoms with van der Waals surface area (Å²) in [4.78, 5) is 0.136. The van der Waals surface area contributed by atoms with Crippen molar-refractivity contribution < 1.29 is 17.9 Å². The average molecular weight is 395 g/mol. The molecular formula is C22H21NO4S. The minimum absolute atomic E-state index is 0.136. The third kappa shape index (κ3) is 4.78. The standard InChI is InChI=1S/C22H21NO4S/c1-17-8-6-9-18(14-17)16-27-22-19(10-7-13-21(22)26-2)15-23-28(24,25)20-11-4-3-5-12-20/h3-15H,16H2,1-2H3/b23-15-. The molecule has 0 saturated carbocycles. The van der Waals surface area contributed by atoms with Crippen LogP contribution in [0.15, 0.2) is 82.1 Å². The van der Waals surface area contributed by atoms with E-state index in [9.17, 15) is 8.42 Å². The Bertz CT molecular complexity index is 1080. The van der Waals surface area contributed by atoms with Gasteiger partial charge >= 0.3 is 0 Å². The first-order valence-electron chi connectivity index (χ1n) is 8.70. The number of aryl methyl sites for hydroxylation is 1. The van der Waals surface area contributed by atoms with E-state index < -0.39 is 10.0 Å². The second-order valence-corrected chi connectivity index (χ2v) is 7.81. The van der Waals surface area contributed by atoms with Crippen molar-refractivity contribution in [2.24, 2.45) is 4.40 Å². The van der Waals surface area contributed by atoms with Gasteiger partial charge in [-0.1, -0.05) is 54.1 Å². The molecule has 0 spiro atoms. The summed E-state index contributed by atoms with van der Waals surface area (Å²) in [5.41, 5.74) is 2.66. The Morgan fingerprint density at radius 2 is 1.71 bits per heavy atom. The maximum absolute atomic E-state index is 12.4. The number of para-hydroxylation sites is 1. The van der Waals surface area contributed by atoms with Crippen molar-refractivity contribution >= 4 is 16.2 Å². The van der Waals surface area contributed by atoms with Gasteiger partial charge in [0, 0.05) is 5.56 Å². The van der Waals surface area contributed by atoms with Crippen LogP contribution in [0.5, 0.6) is 11.5 Å². The molecule has 0 N–H and O–H groups in total. The molecule has 0 radical (unpaired) electrons. The summed E-state index contributed by atoms with van der Waals surface area (Å²) < 4.78 is 40.0. The van der Waals surface area contributed by atoms with Crippen LogP contribution in [0.4, 0.5) is 0 Å². The molecule has 144 valence electrons. The highest BCUT2D eigenvalue weighted by atomic mass is 32.2. The highest BCUT2D eigenvalue weighted by Gasteiger charge is 2.13. The van der Waals surface area contributed by atoms with Crippen LogP contribution in [0.25, 0.3) is 0 Å². The summed E-state index contributed by atoms with van der Waals surface area (Å²) in [5.74, 6) is 0.951. The molecule has 0 aromatic heterocycles. The zero-order valence-electron chi connectivity index (χ0n) is 15.7. The van der Waals surface area contributed by atoms with Gasteiger partial charge in [-0.15, -0.1) is 0 Å². The maximum atomic E-state index is 12.4. The van der Waals surface area contributed by atoms with E-state index in [1.165, 1.54) is 25.5 Å². The van der Waals surface area contributed by atoms with Gasteiger partial charge in [0.05, 0.1) is 18.2 Å². The van der Waals surface area contributed by atoms with Crippen LogP contribution in [0.3, 0.4) is 0 Å². The predicted octanol–water partition coefficient (Wildman–Crippen LogP) is 4.39. The van der Waals surface area contributed by atoms with E-state index in [0.717, 1.165) is 11.1 Å². The number of methoxy groups -OCH3 is 1. The van der Waals surface area contributed by atoms with E-state index in [1.54, 1.807) is 36.4 Å². The third-order valence-corrected chi connectivity index (χ3v) is 5.32. The van der Waals surface area contributed by atoms with Crippen LogP contribution in [0.1, 0.15) is 16.7 Å². The maximum Gasteiger partial charge on any atom is 0.282 e. The van der Waals surface area contributed by atoms with Crippen molar-refractivity contribution in [3.8, 4) is 11.5 Å². The average Bonchev–Trinajstić information content (AvgIpc) is 2.71. The molecule has 0 aliphatic heterocycles. The molecule has 0 aliphatic rings. The van der Waals surface area contributed by atoms with Gasteiger partial charge in [0.1, 0.15) is 6.61 Å². The highest BCUT2D eigenvalue weighted by Crippen LogP contribution is 2.31. The SMILES string of the molecule is COc1cccc(/C=N\S(=O)(=O)c2ccccc2)c1OCc1cccc(C)c1. The van der Waals surface area contributed by atoms with E-state index in [1.807, 2.05) is 31.2 Å². The Kier molecular flexibility index (Phi) is 6.11. The van der Waals surface area contributed by atoms with E-state index in [2.05, 4.69) is 4.40 Å². The van der Waals surface area contributed by atoms with Crippen molar-refractivity contribution in [1.29, 1.82) is 0 Å². The smallest absolute Gasteiger partial charge is 0.282 e. The molecule has 5 nitrogen and oxygen atoms in total. The number of rotatable bonds is 7. The molecule has 0 atom stereocenters. The monoisotopic (exact) mass is 395 g/mol. The quantitative estimate of drug-likeness (QED) is 0.557. The van der Waals surface area contributed by atoms with Crippen LogP contribution >= 0.6 is 0 Å². The molecule has 3 aromatic carbocycles. The molecule has 0 heterocycles. The third-order valence-electron chi connectivity index (χ3n) is 4.07. The Hall–Kier alpha value is -3.12. The van der Waals surface area contributed by atoms with E-state index in [-0.39, 0.29) is 4.90 Å². The molecule has 6 heteroatoms. The van der Waals surface area contributed by atoms with Crippen molar-refractivity contribution in [2.45, 2.75) is 18.4 Å². The van der Waals surface area contributed by atoms with E-state index in [4.69, 9.17) is 9.47 Å². The number of hydrogen-bond acceptors (Lipinski definition) is 4. The zero-order valence-corrected chi connectivity index (χ0v) is 16.5. The van der Waals surface area contributed by atoms with Crippen LogP contribution in [-0.2, 0) is 16.6 Å². The minimum atomic E-state index is -3.79. The van der Waals surface area contributed by atoms with Gasteiger partial charge in [-0.3, -0.25) is 0 Å². The first-order chi connectivity index (χ1) is 13.5. The predicted molar refractivity (Wildman–Crippen MR) is 110 cm³/mol. The second-order valence-electron chi connectivity index (χ2n) is 6.18. The van der Waals surface area contributed by atoms with Gasteiger partial charge in [-0.2, -0.15) is 12.8 Å². The molecule has 0 unspecified atom stereocenters. The van der Waals surface area contributed by atoms with Crippen molar-refractivity contribution in [3.63, 3.8) is 0 Å². The van der Waals surface area contributed by atoms with Gasteiger partial charge in [0.25, 0.3) is 10.0 Å². The number of ether oxygens (including phenoxy) is 2. The topological polar surface area (TPSA) is 65.0 Å². The lowest BCUT2D eigenvalue weighted by Crippen LogP contribution is -2.02. The van der Waals surface area contributed by atoms with Gasteiger partial charge in [0.2, 0.25) is 0 Å². The fourth-order valence-electron chi connectivity index (χ4n) is 2.69. The first kappa shape index (κ1) is 19.6. The highest BCUT2D eigenvalue weighted by molar-refractivity contribution is 7.90. The minimum Gasteiger partial charge on any atom is -0.493 e. The lowest BCUT2D eigenvalue weighted by Gasteiger charge is -2.13. The molecule has 0 aliphatic carbocycles. The summed E-state index contributed by atoms with van der Waals surface area (Å²) in [7, 11) is -2.26. The Labute approximate surface area is 165 Å². The van der Waals surface area contributed by atoms with Crippen LogP contribution < -0.4 is 9.47 Å². The largest absolute Gasteiger partial charge is 0.493 e. The summed E-state index contributed by atoms with van der Waals surface area (Å²) in [6, 6.07) is 21.3. The fraction of sp³-hybridized carbons (Fsp3) is 0.136. The molecule has 0 fully saturated rings. The van der Waals surface area contributed by atoms with Crippen LogP contribution in [0.2, 0.25) is 0 Å². The fourth-order valence-corrected chi connectivity index (χ4v) is 3.56. The van der Waals surface area contributed by atoms with Gasteiger partial charge < -0.3 is 9.47 Å². The summed E-state index contributed by atoms with van der Waals surface area (Å²) in [5, 5.41) is 0. The zero-order chi connectivity index (χ0) is 20.0. The Morgan fingerprint density at radius 3 is 2.43 bits per heavy atom. The first-order valence-corrected chi connectivity index (χ1v) is 10.1. The van der Waals surface area contributed by atoms with Crippen molar-refractivity contribution in [3.05, 3.63) is 89.5 Å². The number of benzene rings is 3. The van der Waals surface area contributed by atoms with Crippen LogP contribution in [0, 0.1) is 6.92 Å². The molecular weight excluding hydrogens is 374 g/mol. The van der Waals surface area contributed by atoms with Gasteiger partial charge in [-0.05, 0) is 36.8 Å². The van der Waals surface area contributed by atoms with Crippen LogP contribution in [-0.4, -0.2) is 21.7 Å². The number of hydrogen-bond donors (Lipinski definition) is 0. The lowest BCUT2D eigenvalue weighted by molar-refractivity contribution is 0.284. The Morgan fingerprint density at radius 1 is 0.964 bits per heavy atom. The van der Waals surface area contributed by atoms with Crippen molar-refractivity contribution in [2.75, 3.05) is 7.11 Å². The second kappa shape index (κ2) is 8.71.